The van der Waals surface area contributed by atoms with Gasteiger partial charge in [-0.2, -0.15) is 11.8 Å². The van der Waals surface area contributed by atoms with Gasteiger partial charge in [-0.3, -0.25) is 24.2 Å². The first-order valence-corrected chi connectivity index (χ1v) is 14.5. The summed E-state index contributed by atoms with van der Waals surface area (Å²) in [6.45, 7) is 0.110. The Kier molecular flexibility index (Phi) is 13.6. The number of rotatable bonds is 18. The first-order valence-electron chi connectivity index (χ1n) is 13.1. The highest BCUT2D eigenvalue weighted by Crippen LogP contribution is 2.19. The number of carboxylic acids is 2. The third kappa shape index (κ3) is 10.9. The number of aliphatic carboxylic acids is 2. The van der Waals surface area contributed by atoms with Crippen LogP contribution in [0.25, 0.3) is 10.9 Å². The number of carbonyl (C=O) groups excluding carboxylic acids is 3. The summed E-state index contributed by atoms with van der Waals surface area (Å²) in [7, 11) is 0. The Morgan fingerprint density at radius 3 is 2.24 bits per heavy atom. The van der Waals surface area contributed by atoms with Crippen molar-refractivity contribution in [3.63, 3.8) is 0 Å². The molecule has 12 N–H and O–H groups in total. The van der Waals surface area contributed by atoms with Gasteiger partial charge in [-0.1, -0.05) is 18.2 Å². The Labute approximate surface area is 246 Å². The zero-order chi connectivity index (χ0) is 31.2. The fourth-order valence-corrected chi connectivity index (χ4v) is 4.57. The molecule has 42 heavy (non-hydrogen) atoms. The molecule has 0 saturated heterocycles. The Morgan fingerprint density at radius 1 is 0.952 bits per heavy atom. The molecule has 3 amide bonds. The van der Waals surface area contributed by atoms with Gasteiger partial charge in [0.15, 0.2) is 5.96 Å². The molecular weight excluding hydrogens is 568 g/mol. The third-order valence-electron chi connectivity index (χ3n) is 6.27. The number of nitrogens with zero attached hydrogens (tertiary/aromatic N) is 1. The number of thioether (sulfide) groups is 1. The van der Waals surface area contributed by atoms with E-state index < -0.39 is 60.2 Å². The third-order valence-corrected chi connectivity index (χ3v) is 6.92. The van der Waals surface area contributed by atoms with Crippen molar-refractivity contribution in [2.45, 2.75) is 56.3 Å². The molecule has 2 rings (SSSR count). The summed E-state index contributed by atoms with van der Waals surface area (Å²) in [6, 6.07) is 2.34. The predicted octanol–water partition coefficient (Wildman–Crippen LogP) is -1.14. The van der Waals surface area contributed by atoms with Crippen molar-refractivity contribution in [3.05, 3.63) is 36.0 Å². The number of aromatic nitrogens is 1. The molecule has 1 aromatic heterocycles. The molecule has 0 aliphatic carbocycles. The number of hydrogen-bond acceptors (Lipinski definition) is 8. The molecule has 2 aromatic rings. The fourth-order valence-electron chi connectivity index (χ4n) is 4.08. The van der Waals surface area contributed by atoms with E-state index in [0.717, 1.165) is 16.5 Å². The van der Waals surface area contributed by atoms with Gasteiger partial charge in [-0.15, -0.1) is 0 Å². The summed E-state index contributed by atoms with van der Waals surface area (Å²) in [4.78, 5) is 69.2. The fraction of sp³-hybridized carbons (Fsp3) is 0.462. The highest BCUT2D eigenvalue weighted by Gasteiger charge is 2.31. The lowest BCUT2D eigenvalue weighted by Crippen LogP contribution is -2.57. The molecule has 1 heterocycles. The van der Waals surface area contributed by atoms with E-state index in [1.807, 2.05) is 30.5 Å². The van der Waals surface area contributed by atoms with Gasteiger partial charge in [-0.25, -0.2) is 4.79 Å². The number of guanidine groups is 1. The van der Waals surface area contributed by atoms with Crippen molar-refractivity contribution >= 4 is 58.3 Å². The maximum atomic E-state index is 13.6. The van der Waals surface area contributed by atoms with Crippen LogP contribution in [-0.4, -0.2) is 93.5 Å². The molecule has 4 unspecified atom stereocenters. The zero-order valence-corrected chi connectivity index (χ0v) is 24.0. The van der Waals surface area contributed by atoms with Gasteiger partial charge >= 0.3 is 11.9 Å². The molecule has 16 heteroatoms. The number of aliphatic imine (C=N–C) groups is 1. The Morgan fingerprint density at radius 2 is 1.60 bits per heavy atom. The van der Waals surface area contributed by atoms with E-state index in [9.17, 15) is 29.1 Å². The summed E-state index contributed by atoms with van der Waals surface area (Å²) in [5.74, 6) is -4.73. The van der Waals surface area contributed by atoms with Crippen LogP contribution in [0.1, 0.15) is 31.2 Å². The monoisotopic (exact) mass is 606 g/mol. The van der Waals surface area contributed by atoms with Crippen molar-refractivity contribution in [3.8, 4) is 0 Å². The number of aromatic amines is 1. The van der Waals surface area contributed by atoms with Crippen LogP contribution in [0.3, 0.4) is 0 Å². The number of carbonyl (C=O) groups is 5. The van der Waals surface area contributed by atoms with Crippen molar-refractivity contribution in [1.82, 2.24) is 20.9 Å². The van der Waals surface area contributed by atoms with E-state index in [1.54, 1.807) is 6.20 Å². The lowest BCUT2D eigenvalue weighted by Gasteiger charge is -2.25. The van der Waals surface area contributed by atoms with Crippen LogP contribution >= 0.6 is 11.8 Å². The van der Waals surface area contributed by atoms with Gasteiger partial charge < -0.3 is 48.3 Å². The normalized spacial score (nSPS) is 13.8. The highest BCUT2D eigenvalue weighted by atomic mass is 32.2. The van der Waals surface area contributed by atoms with Crippen molar-refractivity contribution in [2.24, 2.45) is 22.2 Å². The number of nitrogens with one attached hydrogen (secondary N) is 4. The predicted molar refractivity (Wildman–Crippen MR) is 159 cm³/mol. The van der Waals surface area contributed by atoms with Crippen molar-refractivity contribution < 1.29 is 34.2 Å². The smallest absolute Gasteiger partial charge is 0.326 e. The first kappa shape index (κ1) is 33.9. The van der Waals surface area contributed by atoms with Gasteiger partial charge in [-0.05, 0) is 42.9 Å². The molecule has 0 spiro atoms. The molecule has 230 valence electrons. The SMILES string of the molecule is CSCCC(N)C(=O)NC(Cc1c[nH]c2ccccc12)C(=O)NC(CCCN=C(N)N)C(=O)NC(CC(=O)O)C(=O)O. The number of para-hydroxylation sites is 1. The maximum Gasteiger partial charge on any atom is 0.326 e. The van der Waals surface area contributed by atoms with Gasteiger partial charge in [0, 0.05) is 30.1 Å². The number of amides is 3. The molecular formula is C26H38N8O7S. The van der Waals surface area contributed by atoms with E-state index >= 15 is 0 Å². The lowest BCUT2D eigenvalue weighted by atomic mass is 10.0. The molecule has 0 aliphatic rings. The van der Waals surface area contributed by atoms with Gasteiger partial charge in [0.2, 0.25) is 17.7 Å². The standard InChI is InChI=1S/C26H38N8O7S/c1-42-10-8-16(27)22(37)33-19(11-14-13-31-17-6-3-2-5-15(14)17)24(39)32-18(7-4-9-30-26(28)29)23(38)34-20(25(40)41)12-21(35)36/h2-3,5-6,13,16,18-20,31H,4,7-12,27H2,1H3,(H,32,39)(H,33,37)(H,34,38)(H,35,36)(H,40,41)(H4,28,29,30). The molecule has 0 aliphatic heterocycles. The molecule has 0 fully saturated rings. The minimum atomic E-state index is -1.73. The first-order chi connectivity index (χ1) is 19.9. The van der Waals surface area contributed by atoms with Crippen LogP contribution in [0.15, 0.2) is 35.5 Å². The zero-order valence-electron chi connectivity index (χ0n) is 23.2. The summed E-state index contributed by atoms with van der Waals surface area (Å²) < 4.78 is 0. The van der Waals surface area contributed by atoms with E-state index in [2.05, 4.69) is 25.9 Å². The minimum absolute atomic E-state index is 0.0191. The van der Waals surface area contributed by atoms with Gasteiger partial charge in [0.25, 0.3) is 0 Å². The summed E-state index contributed by atoms with van der Waals surface area (Å²) in [6.07, 6.45) is 3.35. The van der Waals surface area contributed by atoms with E-state index in [4.69, 9.17) is 22.3 Å². The quantitative estimate of drug-likeness (QED) is 0.0556. The number of benzene rings is 1. The van der Waals surface area contributed by atoms with Crippen molar-refractivity contribution in [1.29, 1.82) is 0 Å². The molecule has 15 nitrogen and oxygen atoms in total. The second-order valence-electron chi connectivity index (χ2n) is 9.52. The second-order valence-corrected chi connectivity index (χ2v) is 10.5. The van der Waals surface area contributed by atoms with Gasteiger partial charge in [0.05, 0.1) is 12.5 Å². The van der Waals surface area contributed by atoms with E-state index in [0.29, 0.717) is 12.2 Å². The molecule has 0 saturated carbocycles. The number of nitrogens with two attached hydrogens (primary N) is 3. The van der Waals surface area contributed by atoms with E-state index in [1.165, 1.54) is 11.8 Å². The Bertz CT molecular complexity index is 1280. The molecule has 0 bridgehead atoms. The van der Waals surface area contributed by atoms with Crippen LogP contribution in [0.4, 0.5) is 0 Å². The summed E-state index contributed by atoms with van der Waals surface area (Å²) >= 11 is 1.52. The molecule has 0 radical (unpaired) electrons. The lowest BCUT2D eigenvalue weighted by molar-refractivity contribution is -0.147. The van der Waals surface area contributed by atoms with Gasteiger partial charge in [0.1, 0.15) is 18.1 Å². The van der Waals surface area contributed by atoms with Crippen LogP contribution < -0.4 is 33.2 Å². The van der Waals surface area contributed by atoms with Crippen LogP contribution in [0.5, 0.6) is 0 Å². The average Bonchev–Trinajstić information content (AvgIpc) is 3.34. The second kappa shape index (κ2) is 16.8. The van der Waals surface area contributed by atoms with E-state index in [-0.39, 0.29) is 31.8 Å². The molecule has 4 atom stereocenters. The summed E-state index contributed by atoms with van der Waals surface area (Å²) in [5.41, 5.74) is 18.3. The van der Waals surface area contributed by atoms with Crippen LogP contribution in [0.2, 0.25) is 0 Å². The van der Waals surface area contributed by atoms with Crippen LogP contribution in [-0.2, 0) is 30.4 Å². The number of carboxylic acid groups (broad SMARTS) is 2. The minimum Gasteiger partial charge on any atom is -0.481 e. The topological polar surface area (TPSA) is 268 Å². The Balaban J connectivity index is 2.32. The average molecular weight is 607 g/mol. The number of hydrogen-bond donors (Lipinski definition) is 9. The summed E-state index contributed by atoms with van der Waals surface area (Å²) in [5, 5.41) is 26.7. The highest BCUT2D eigenvalue weighted by molar-refractivity contribution is 7.98. The Hall–Kier alpha value is -4.31. The number of fused-ring (bicyclic) bond motifs is 1. The molecule has 1 aromatic carbocycles. The number of H-pyrrole nitrogens is 1. The van der Waals surface area contributed by atoms with Crippen LogP contribution in [0, 0.1) is 0 Å². The van der Waals surface area contributed by atoms with Crippen molar-refractivity contribution in [2.75, 3.05) is 18.6 Å². The largest absolute Gasteiger partial charge is 0.481 e. The maximum absolute atomic E-state index is 13.6.